The van der Waals surface area contributed by atoms with Gasteiger partial charge in [-0.15, -0.1) is 0 Å². The summed E-state index contributed by atoms with van der Waals surface area (Å²) in [4.78, 5) is 15.7. The summed E-state index contributed by atoms with van der Waals surface area (Å²) in [5.41, 5.74) is 7.22. The van der Waals surface area contributed by atoms with E-state index in [0.717, 1.165) is 9.26 Å². The smallest absolute Gasteiger partial charge is 0.257 e. The van der Waals surface area contributed by atoms with Crippen LogP contribution in [0, 0.1) is 3.57 Å². The molecule has 17 heavy (non-hydrogen) atoms. The van der Waals surface area contributed by atoms with Gasteiger partial charge >= 0.3 is 0 Å². The van der Waals surface area contributed by atoms with Crippen LogP contribution in [0.3, 0.4) is 0 Å². The number of pyridine rings is 1. The lowest BCUT2D eigenvalue weighted by Gasteiger charge is -2.06. The molecule has 0 fully saturated rings. The molecule has 2 aromatic rings. The van der Waals surface area contributed by atoms with Gasteiger partial charge in [-0.05, 0) is 52.9 Å². The van der Waals surface area contributed by atoms with Crippen molar-refractivity contribution in [1.29, 1.82) is 0 Å². The molecule has 1 aromatic carbocycles. The van der Waals surface area contributed by atoms with Gasteiger partial charge in [0.25, 0.3) is 5.91 Å². The van der Waals surface area contributed by atoms with Crippen LogP contribution in [0.15, 0.2) is 42.7 Å². The Kier molecular flexibility index (Phi) is 3.58. The van der Waals surface area contributed by atoms with Gasteiger partial charge < -0.3 is 11.1 Å². The Morgan fingerprint density at radius 1 is 1.24 bits per heavy atom. The number of amides is 1. The molecule has 0 saturated heterocycles. The van der Waals surface area contributed by atoms with Crippen molar-refractivity contribution in [3.63, 3.8) is 0 Å². The Balaban J connectivity index is 2.17. The van der Waals surface area contributed by atoms with Gasteiger partial charge in [-0.3, -0.25) is 9.78 Å². The highest BCUT2D eigenvalue weighted by Crippen LogP contribution is 2.14. The van der Waals surface area contributed by atoms with Crippen molar-refractivity contribution in [3.8, 4) is 0 Å². The molecule has 4 nitrogen and oxygen atoms in total. The van der Waals surface area contributed by atoms with Crippen LogP contribution in [0.5, 0.6) is 0 Å². The van der Waals surface area contributed by atoms with E-state index in [-0.39, 0.29) is 5.91 Å². The maximum Gasteiger partial charge on any atom is 0.257 e. The Bertz CT molecular complexity index is 540. The van der Waals surface area contributed by atoms with Gasteiger partial charge in [0.2, 0.25) is 0 Å². The van der Waals surface area contributed by atoms with E-state index in [4.69, 9.17) is 5.73 Å². The number of anilines is 2. The molecular weight excluding hydrogens is 329 g/mol. The molecular formula is C12H10IN3O. The second-order valence-corrected chi connectivity index (χ2v) is 4.67. The van der Waals surface area contributed by atoms with Crippen molar-refractivity contribution in [2.45, 2.75) is 0 Å². The summed E-state index contributed by atoms with van der Waals surface area (Å²) in [6, 6.07) is 9.13. The first-order chi connectivity index (χ1) is 8.16. The fourth-order valence-corrected chi connectivity index (χ4v) is 1.70. The summed E-state index contributed by atoms with van der Waals surface area (Å²) >= 11 is 2.21. The average Bonchev–Trinajstić information content (AvgIpc) is 2.32. The molecule has 1 heterocycles. The van der Waals surface area contributed by atoms with Gasteiger partial charge in [-0.25, -0.2) is 0 Å². The summed E-state index contributed by atoms with van der Waals surface area (Å²) in [7, 11) is 0. The predicted octanol–water partition coefficient (Wildman–Crippen LogP) is 2.52. The molecule has 1 amide bonds. The van der Waals surface area contributed by atoms with Crippen molar-refractivity contribution < 1.29 is 4.79 Å². The summed E-state index contributed by atoms with van der Waals surface area (Å²) in [5, 5.41) is 2.78. The molecule has 3 N–H and O–H groups in total. The highest BCUT2D eigenvalue weighted by atomic mass is 127. The molecule has 0 saturated carbocycles. The van der Waals surface area contributed by atoms with Crippen LogP contribution >= 0.6 is 22.6 Å². The van der Waals surface area contributed by atoms with Gasteiger partial charge in [0.05, 0.1) is 17.4 Å². The first-order valence-electron chi connectivity index (χ1n) is 4.93. The minimum Gasteiger partial charge on any atom is -0.397 e. The third-order valence-electron chi connectivity index (χ3n) is 2.20. The number of benzene rings is 1. The second kappa shape index (κ2) is 5.13. The molecule has 0 radical (unpaired) electrons. The number of carbonyl (C=O) groups excluding carboxylic acids is 1. The molecule has 0 spiro atoms. The van der Waals surface area contributed by atoms with Crippen LogP contribution in [0.1, 0.15) is 10.4 Å². The Morgan fingerprint density at radius 2 is 1.94 bits per heavy atom. The van der Waals surface area contributed by atoms with Crippen LogP contribution in [0.25, 0.3) is 0 Å². The van der Waals surface area contributed by atoms with Crippen molar-refractivity contribution >= 4 is 39.9 Å². The lowest BCUT2D eigenvalue weighted by atomic mass is 10.2. The maximum absolute atomic E-state index is 11.9. The largest absolute Gasteiger partial charge is 0.397 e. The number of halogens is 1. The number of nitrogens with one attached hydrogen (secondary N) is 1. The number of hydrogen-bond donors (Lipinski definition) is 2. The molecule has 5 heteroatoms. The fourth-order valence-electron chi connectivity index (χ4n) is 1.35. The lowest BCUT2D eigenvalue weighted by molar-refractivity contribution is 0.102. The summed E-state index contributed by atoms with van der Waals surface area (Å²) in [5.74, 6) is -0.230. The van der Waals surface area contributed by atoms with Crippen molar-refractivity contribution in [1.82, 2.24) is 4.98 Å². The topological polar surface area (TPSA) is 68.0 Å². The second-order valence-electron chi connectivity index (χ2n) is 3.42. The van der Waals surface area contributed by atoms with Crippen LogP contribution in [-0.2, 0) is 0 Å². The van der Waals surface area contributed by atoms with E-state index >= 15 is 0 Å². The SMILES string of the molecule is Nc1cnccc1C(=O)Nc1ccc(I)cc1. The normalized spacial score (nSPS) is 9.94. The molecule has 0 unspecified atom stereocenters. The maximum atomic E-state index is 11.9. The quantitative estimate of drug-likeness (QED) is 0.827. The highest BCUT2D eigenvalue weighted by molar-refractivity contribution is 14.1. The molecule has 0 aliphatic carbocycles. The predicted molar refractivity (Wildman–Crippen MR) is 75.8 cm³/mol. The molecule has 1 aromatic heterocycles. The molecule has 0 atom stereocenters. The van der Waals surface area contributed by atoms with Gasteiger partial charge in [0, 0.05) is 15.5 Å². The van der Waals surface area contributed by atoms with Gasteiger partial charge in [-0.1, -0.05) is 0 Å². The first-order valence-corrected chi connectivity index (χ1v) is 6.01. The number of aromatic nitrogens is 1. The van der Waals surface area contributed by atoms with Gasteiger partial charge in [0.1, 0.15) is 0 Å². The van der Waals surface area contributed by atoms with E-state index in [9.17, 15) is 4.79 Å². The fraction of sp³-hybridized carbons (Fsp3) is 0. The number of rotatable bonds is 2. The number of nitrogens with zero attached hydrogens (tertiary/aromatic N) is 1. The van der Waals surface area contributed by atoms with E-state index in [1.54, 1.807) is 12.3 Å². The zero-order valence-electron chi connectivity index (χ0n) is 8.85. The van der Waals surface area contributed by atoms with E-state index in [1.807, 2.05) is 24.3 Å². The summed E-state index contributed by atoms with van der Waals surface area (Å²) < 4.78 is 1.11. The van der Waals surface area contributed by atoms with E-state index in [2.05, 4.69) is 32.9 Å². The number of nitrogen functional groups attached to an aromatic ring is 1. The van der Waals surface area contributed by atoms with Gasteiger partial charge in [0.15, 0.2) is 0 Å². The molecule has 0 aliphatic heterocycles. The number of carbonyl (C=O) groups is 1. The van der Waals surface area contributed by atoms with Gasteiger partial charge in [-0.2, -0.15) is 0 Å². The zero-order valence-corrected chi connectivity index (χ0v) is 11.0. The van der Waals surface area contributed by atoms with E-state index in [1.165, 1.54) is 6.20 Å². The third-order valence-corrected chi connectivity index (χ3v) is 2.92. The minimum atomic E-state index is -0.230. The van der Waals surface area contributed by atoms with Crippen LogP contribution in [0.4, 0.5) is 11.4 Å². The molecule has 2 rings (SSSR count). The average molecular weight is 339 g/mol. The van der Waals surface area contributed by atoms with Crippen LogP contribution in [-0.4, -0.2) is 10.9 Å². The Labute approximate surface area is 112 Å². The van der Waals surface area contributed by atoms with Crippen molar-refractivity contribution in [2.24, 2.45) is 0 Å². The third kappa shape index (κ3) is 2.94. The Morgan fingerprint density at radius 3 is 2.59 bits per heavy atom. The number of hydrogen-bond acceptors (Lipinski definition) is 3. The van der Waals surface area contributed by atoms with Crippen molar-refractivity contribution in [2.75, 3.05) is 11.1 Å². The van der Waals surface area contributed by atoms with E-state index in [0.29, 0.717) is 11.3 Å². The first kappa shape index (κ1) is 11.8. The van der Waals surface area contributed by atoms with Crippen LogP contribution < -0.4 is 11.1 Å². The summed E-state index contributed by atoms with van der Waals surface area (Å²) in [6.45, 7) is 0. The summed E-state index contributed by atoms with van der Waals surface area (Å²) in [6.07, 6.45) is 3.00. The van der Waals surface area contributed by atoms with E-state index < -0.39 is 0 Å². The zero-order chi connectivity index (χ0) is 12.3. The monoisotopic (exact) mass is 339 g/mol. The number of nitrogens with two attached hydrogens (primary N) is 1. The lowest BCUT2D eigenvalue weighted by Crippen LogP contribution is -2.14. The van der Waals surface area contributed by atoms with Crippen molar-refractivity contribution in [3.05, 3.63) is 51.9 Å². The standard InChI is InChI=1S/C12H10IN3O/c13-8-1-3-9(4-2-8)16-12(17)10-5-6-15-7-11(10)14/h1-7H,14H2,(H,16,17). The highest BCUT2D eigenvalue weighted by Gasteiger charge is 2.09. The molecule has 0 aliphatic rings. The Hall–Kier alpha value is -1.63. The minimum absolute atomic E-state index is 0.230. The molecule has 86 valence electrons. The van der Waals surface area contributed by atoms with Crippen LogP contribution in [0.2, 0.25) is 0 Å². The molecule has 0 bridgehead atoms.